The Kier molecular flexibility index (Phi) is 7.41. The monoisotopic (exact) mass is 604 g/mol. The van der Waals surface area contributed by atoms with Crippen LogP contribution in [0.2, 0.25) is 0 Å². The summed E-state index contributed by atoms with van der Waals surface area (Å²) < 4.78 is 12.1. The molecule has 0 amide bonds. The van der Waals surface area contributed by atoms with Crippen molar-refractivity contribution in [3.8, 4) is 0 Å². The lowest BCUT2D eigenvalue weighted by molar-refractivity contribution is -0.260. The molecule has 14 unspecified atom stereocenters. The average Bonchev–Trinajstić information content (AvgIpc) is 3.20. The second kappa shape index (κ2) is 9.98. The Hall–Kier alpha value is -1.03. The lowest BCUT2D eigenvalue weighted by Crippen LogP contribution is -2.67. The molecule has 1 heterocycles. The minimum atomic E-state index is -1.19. The number of carboxylic acid groups (broad SMARTS) is 1. The number of hydrogen-bond donors (Lipinski definition) is 5. The number of hydrogen-bond acceptors (Lipinski definition) is 7. The van der Waals surface area contributed by atoms with E-state index < -0.39 is 41.6 Å². The van der Waals surface area contributed by atoms with Crippen molar-refractivity contribution in [2.24, 2.45) is 50.7 Å². The number of ether oxygens (including phenoxy) is 2. The molecule has 14 atom stereocenters. The molecule has 6 rings (SSSR count). The molecule has 0 aromatic heterocycles. The molecule has 244 valence electrons. The quantitative estimate of drug-likeness (QED) is 0.292. The molecule has 5 aliphatic carbocycles. The van der Waals surface area contributed by atoms with Gasteiger partial charge in [-0.2, -0.15) is 0 Å². The highest BCUT2D eigenvalue weighted by Gasteiger charge is 2.71. The van der Waals surface area contributed by atoms with E-state index in [2.05, 4.69) is 47.6 Å². The van der Waals surface area contributed by atoms with Crippen molar-refractivity contribution in [2.45, 2.75) is 143 Å². The van der Waals surface area contributed by atoms with E-state index in [1.54, 1.807) is 0 Å². The summed E-state index contributed by atoms with van der Waals surface area (Å²) in [6.45, 7) is 15.5. The van der Waals surface area contributed by atoms with Crippen molar-refractivity contribution in [3.63, 3.8) is 0 Å². The zero-order chi connectivity index (χ0) is 31.5. The Morgan fingerprint density at radius 1 is 0.953 bits per heavy atom. The smallest absolute Gasteiger partial charge is 0.310 e. The van der Waals surface area contributed by atoms with E-state index in [9.17, 15) is 30.3 Å². The first-order valence-corrected chi connectivity index (χ1v) is 16.9. The van der Waals surface area contributed by atoms with Crippen LogP contribution in [0.3, 0.4) is 0 Å². The molecule has 0 aromatic carbocycles. The fraction of sp³-hybridized carbons (Fsp3) is 0.914. The Morgan fingerprint density at radius 2 is 1.65 bits per heavy atom. The van der Waals surface area contributed by atoms with Gasteiger partial charge < -0.3 is 35.0 Å². The number of rotatable bonds is 4. The van der Waals surface area contributed by atoms with Crippen LogP contribution in [0.15, 0.2) is 11.6 Å². The van der Waals surface area contributed by atoms with Gasteiger partial charge >= 0.3 is 5.97 Å². The number of carbonyl (C=O) groups is 1. The summed E-state index contributed by atoms with van der Waals surface area (Å²) in [5, 5.41) is 53.1. The van der Waals surface area contributed by atoms with Crippen molar-refractivity contribution < 1.29 is 39.8 Å². The van der Waals surface area contributed by atoms with Gasteiger partial charge in [0.05, 0.1) is 23.7 Å². The zero-order valence-corrected chi connectivity index (χ0v) is 27.3. The van der Waals surface area contributed by atoms with Gasteiger partial charge in [0.1, 0.15) is 18.3 Å². The lowest BCUT2D eigenvalue weighted by atomic mass is 9.33. The molecule has 5 N–H and O–H groups in total. The molecule has 0 bridgehead atoms. The van der Waals surface area contributed by atoms with E-state index in [-0.39, 0.29) is 46.2 Å². The zero-order valence-electron chi connectivity index (χ0n) is 27.3. The lowest BCUT2D eigenvalue weighted by Gasteiger charge is -2.72. The minimum absolute atomic E-state index is 0.0310. The summed E-state index contributed by atoms with van der Waals surface area (Å²) in [5.41, 5.74) is -1.16. The number of allylic oxidation sites excluding steroid dienone is 1. The topological polar surface area (TPSA) is 137 Å². The van der Waals surface area contributed by atoms with E-state index in [4.69, 9.17) is 9.47 Å². The van der Waals surface area contributed by atoms with Gasteiger partial charge in [-0.15, -0.1) is 0 Å². The molecule has 0 aromatic rings. The van der Waals surface area contributed by atoms with Gasteiger partial charge in [0.15, 0.2) is 6.29 Å². The number of carboxylic acids is 1. The minimum Gasteiger partial charge on any atom is -0.481 e. The van der Waals surface area contributed by atoms with Crippen molar-refractivity contribution >= 4 is 5.97 Å². The normalized spacial score (nSPS) is 55.8. The van der Waals surface area contributed by atoms with Gasteiger partial charge in [0.2, 0.25) is 0 Å². The molecule has 8 nitrogen and oxygen atoms in total. The third-order valence-corrected chi connectivity index (χ3v) is 15.2. The number of aliphatic hydroxyl groups excluding tert-OH is 3. The second-order valence-electron chi connectivity index (χ2n) is 17.0. The van der Waals surface area contributed by atoms with Gasteiger partial charge in [0.25, 0.3) is 0 Å². The molecule has 1 saturated heterocycles. The van der Waals surface area contributed by atoms with Crippen LogP contribution in [0.4, 0.5) is 0 Å². The Balaban J connectivity index is 1.33. The van der Waals surface area contributed by atoms with Gasteiger partial charge in [-0.25, -0.2) is 0 Å². The molecular formula is C35H56O8. The third kappa shape index (κ3) is 4.05. The van der Waals surface area contributed by atoms with Crippen LogP contribution >= 0.6 is 0 Å². The Labute approximate surface area is 257 Å². The predicted octanol–water partition coefficient (Wildman–Crippen LogP) is 4.67. The van der Waals surface area contributed by atoms with E-state index in [0.29, 0.717) is 24.7 Å². The van der Waals surface area contributed by atoms with E-state index in [1.165, 1.54) is 5.57 Å². The highest BCUT2D eigenvalue weighted by Crippen LogP contribution is 2.76. The van der Waals surface area contributed by atoms with Gasteiger partial charge in [-0.3, -0.25) is 4.79 Å². The van der Waals surface area contributed by atoms with E-state index in [0.717, 1.165) is 44.9 Å². The first-order valence-electron chi connectivity index (χ1n) is 16.9. The Morgan fingerprint density at radius 3 is 2.28 bits per heavy atom. The SMILES string of the molecule is CC1CCC2(C(=O)O)CCC3(C)C(=CCC4C5(C)CCC(OC6OC(CO)C(O)C6O)C(C)(C)C5CCC43C)C2C1(C)O. The molecule has 5 fully saturated rings. The molecule has 1 aliphatic heterocycles. The largest absolute Gasteiger partial charge is 0.481 e. The van der Waals surface area contributed by atoms with Crippen molar-refractivity contribution in [3.05, 3.63) is 11.6 Å². The van der Waals surface area contributed by atoms with Crippen LogP contribution in [0.1, 0.15) is 106 Å². The molecule has 6 aliphatic rings. The highest BCUT2D eigenvalue weighted by molar-refractivity contribution is 5.77. The molecule has 43 heavy (non-hydrogen) atoms. The molecule has 8 heteroatoms. The summed E-state index contributed by atoms with van der Waals surface area (Å²) >= 11 is 0. The first-order chi connectivity index (χ1) is 19.9. The van der Waals surface area contributed by atoms with Crippen LogP contribution < -0.4 is 0 Å². The third-order valence-electron chi connectivity index (χ3n) is 15.2. The second-order valence-corrected chi connectivity index (χ2v) is 17.0. The fourth-order valence-electron chi connectivity index (χ4n) is 12.2. The van der Waals surface area contributed by atoms with Crippen LogP contribution in [0, 0.1) is 50.7 Å². The highest BCUT2D eigenvalue weighted by atomic mass is 16.7. The maximum Gasteiger partial charge on any atom is 0.310 e. The maximum absolute atomic E-state index is 13.0. The number of aliphatic hydroxyl groups is 4. The van der Waals surface area contributed by atoms with Crippen molar-refractivity contribution in [1.82, 2.24) is 0 Å². The van der Waals surface area contributed by atoms with Crippen LogP contribution in [0.25, 0.3) is 0 Å². The van der Waals surface area contributed by atoms with Gasteiger partial charge in [-0.1, -0.05) is 53.2 Å². The van der Waals surface area contributed by atoms with Crippen LogP contribution in [-0.4, -0.2) is 74.4 Å². The predicted molar refractivity (Wildman–Crippen MR) is 161 cm³/mol. The summed E-state index contributed by atoms with van der Waals surface area (Å²) in [7, 11) is 0. The summed E-state index contributed by atoms with van der Waals surface area (Å²) in [6, 6.07) is 0. The van der Waals surface area contributed by atoms with E-state index in [1.807, 2.05) is 6.92 Å². The van der Waals surface area contributed by atoms with Crippen molar-refractivity contribution in [2.75, 3.05) is 6.61 Å². The molecule has 0 spiro atoms. The van der Waals surface area contributed by atoms with Crippen LogP contribution in [-0.2, 0) is 14.3 Å². The fourth-order valence-corrected chi connectivity index (χ4v) is 12.2. The number of fused-ring (bicyclic) bond motifs is 7. The summed E-state index contributed by atoms with van der Waals surface area (Å²) in [6.07, 6.45) is 5.57. The average molecular weight is 605 g/mol. The Bertz CT molecular complexity index is 1160. The standard InChI is InChI=1S/C35H56O8/c1-19-10-15-35(29(39)40)17-16-32(5)20(27(35)34(19,7)41)8-9-23-31(4)13-12-24(30(2,3)22(31)11-14-33(23,32)6)43-28-26(38)25(37)21(18-36)42-28/h8,19,21-28,36-38,41H,9-18H2,1-7H3,(H,39,40). The van der Waals surface area contributed by atoms with Gasteiger partial charge in [-0.05, 0) is 104 Å². The van der Waals surface area contributed by atoms with Crippen LogP contribution in [0.5, 0.6) is 0 Å². The maximum atomic E-state index is 13.0. The molecular weight excluding hydrogens is 548 g/mol. The van der Waals surface area contributed by atoms with Crippen molar-refractivity contribution in [1.29, 1.82) is 0 Å². The summed E-state index contributed by atoms with van der Waals surface area (Å²) in [5.74, 6) is -0.305. The van der Waals surface area contributed by atoms with Gasteiger partial charge in [0, 0.05) is 5.92 Å². The number of aliphatic carboxylic acids is 1. The first kappa shape index (κ1) is 31.9. The molecule has 0 radical (unpaired) electrons. The van der Waals surface area contributed by atoms with E-state index >= 15 is 0 Å². The molecule has 4 saturated carbocycles. The summed E-state index contributed by atoms with van der Waals surface area (Å²) in [4.78, 5) is 13.0.